The van der Waals surface area contributed by atoms with Crippen molar-refractivity contribution in [3.8, 4) is 0 Å². The number of hydrogen-bond acceptors (Lipinski definition) is 4. The molecule has 2 rings (SSSR count). The van der Waals surface area contributed by atoms with Gasteiger partial charge in [0.1, 0.15) is 6.10 Å². The highest BCUT2D eigenvalue weighted by Crippen LogP contribution is 2.37. The Labute approximate surface area is 94.5 Å². The normalized spacial score (nSPS) is 32.4. The molecule has 1 aliphatic heterocycles. The number of thiophene rings is 1. The van der Waals surface area contributed by atoms with E-state index in [1.807, 2.05) is 12.1 Å². The van der Waals surface area contributed by atoms with Crippen molar-refractivity contribution < 1.29 is 14.9 Å². The van der Waals surface area contributed by atoms with Crippen LogP contribution in [0.25, 0.3) is 0 Å². The van der Waals surface area contributed by atoms with Gasteiger partial charge in [0.15, 0.2) is 0 Å². The lowest BCUT2D eigenvalue weighted by Crippen LogP contribution is -2.24. The van der Waals surface area contributed by atoms with Crippen LogP contribution in [0.1, 0.15) is 17.4 Å². The van der Waals surface area contributed by atoms with Crippen molar-refractivity contribution in [2.24, 2.45) is 0 Å². The van der Waals surface area contributed by atoms with Crippen molar-refractivity contribution in [1.82, 2.24) is 0 Å². The standard InChI is InChI=1S/C9H11BrO3S/c10-9-2-1-8(14-9)6-3-5(12)7(4-11)13-6/h1-2,5-7,11-12H,3-4H2/t5-,6+,7+/m0/s1. The topological polar surface area (TPSA) is 49.7 Å². The van der Waals surface area contributed by atoms with Crippen LogP contribution in [0.4, 0.5) is 0 Å². The first-order valence-electron chi connectivity index (χ1n) is 4.40. The first-order chi connectivity index (χ1) is 6.70. The molecule has 0 saturated carbocycles. The van der Waals surface area contributed by atoms with Gasteiger partial charge in [0, 0.05) is 11.3 Å². The molecule has 0 amide bonds. The second-order valence-corrected chi connectivity index (χ2v) is 5.79. The SMILES string of the molecule is OC[C@H]1O[C@@H](c2ccc(Br)s2)C[C@@H]1O. The molecule has 0 unspecified atom stereocenters. The Bertz CT molecular complexity index is 315. The van der Waals surface area contributed by atoms with E-state index in [4.69, 9.17) is 9.84 Å². The summed E-state index contributed by atoms with van der Waals surface area (Å²) < 4.78 is 6.57. The van der Waals surface area contributed by atoms with E-state index in [1.54, 1.807) is 11.3 Å². The van der Waals surface area contributed by atoms with Crippen LogP contribution in [-0.4, -0.2) is 29.0 Å². The highest BCUT2D eigenvalue weighted by molar-refractivity contribution is 9.11. The third-order valence-electron chi connectivity index (χ3n) is 2.32. The Morgan fingerprint density at radius 1 is 1.57 bits per heavy atom. The number of aliphatic hydroxyl groups is 2. The smallest absolute Gasteiger partial charge is 0.107 e. The van der Waals surface area contributed by atoms with Crippen molar-refractivity contribution in [1.29, 1.82) is 0 Å². The van der Waals surface area contributed by atoms with Crippen molar-refractivity contribution in [3.63, 3.8) is 0 Å². The van der Waals surface area contributed by atoms with Gasteiger partial charge in [-0.05, 0) is 28.1 Å². The minimum Gasteiger partial charge on any atom is -0.394 e. The molecule has 78 valence electrons. The molecule has 2 N–H and O–H groups in total. The van der Waals surface area contributed by atoms with Gasteiger partial charge in [-0.15, -0.1) is 11.3 Å². The van der Waals surface area contributed by atoms with E-state index in [1.165, 1.54) is 0 Å². The van der Waals surface area contributed by atoms with E-state index >= 15 is 0 Å². The Morgan fingerprint density at radius 3 is 2.86 bits per heavy atom. The van der Waals surface area contributed by atoms with E-state index in [0.29, 0.717) is 6.42 Å². The predicted octanol–water partition coefficient (Wildman–Crippen LogP) is 1.69. The van der Waals surface area contributed by atoms with Gasteiger partial charge in [0.2, 0.25) is 0 Å². The molecule has 3 atom stereocenters. The predicted molar refractivity (Wildman–Crippen MR) is 57.3 cm³/mol. The lowest BCUT2D eigenvalue weighted by atomic mass is 10.1. The van der Waals surface area contributed by atoms with Crippen molar-refractivity contribution in [2.45, 2.75) is 24.7 Å². The molecule has 1 fully saturated rings. The molecule has 3 nitrogen and oxygen atoms in total. The van der Waals surface area contributed by atoms with Gasteiger partial charge in [-0.3, -0.25) is 0 Å². The van der Waals surface area contributed by atoms with Gasteiger partial charge in [0.25, 0.3) is 0 Å². The van der Waals surface area contributed by atoms with Crippen molar-refractivity contribution >= 4 is 27.3 Å². The van der Waals surface area contributed by atoms with Crippen LogP contribution in [0, 0.1) is 0 Å². The summed E-state index contributed by atoms with van der Waals surface area (Å²) in [7, 11) is 0. The summed E-state index contributed by atoms with van der Waals surface area (Å²) in [5.41, 5.74) is 0. The Morgan fingerprint density at radius 2 is 2.36 bits per heavy atom. The summed E-state index contributed by atoms with van der Waals surface area (Å²) >= 11 is 4.98. The molecule has 0 bridgehead atoms. The monoisotopic (exact) mass is 278 g/mol. The van der Waals surface area contributed by atoms with E-state index < -0.39 is 12.2 Å². The van der Waals surface area contributed by atoms with Gasteiger partial charge in [-0.1, -0.05) is 0 Å². The third kappa shape index (κ3) is 2.01. The maximum atomic E-state index is 9.54. The number of ether oxygens (including phenoxy) is 1. The molecular weight excluding hydrogens is 268 g/mol. The van der Waals surface area contributed by atoms with Gasteiger partial charge in [0.05, 0.1) is 22.6 Å². The molecule has 0 spiro atoms. The van der Waals surface area contributed by atoms with E-state index in [2.05, 4.69) is 15.9 Å². The minimum absolute atomic E-state index is 0.0709. The summed E-state index contributed by atoms with van der Waals surface area (Å²) in [6, 6.07) is 3.94. The molecule has 1 aromatic heterocycles. The third-order valence-corrected chi connectivity index (χ3v) is 4.03. The largest absolute Gasteiger partial charge is 0.394 e. The maximum absolute atomic E-state index is 9.54. The molecule has 0 radical (unpaired) electrons. The molecule has 0 aromatic carbocycles. The zero-order valence-corrected chi connectivity index (χ0v) is 9.79. The second kappa shape index (κ2) is 4.28. The van der Waals surface area contributed by atoms with Crippen LogP contribution in [0.3, 0.4) is 0 Å². The van der Waals surface area contributed by atoms with Gasteiger partial charge in [-0.2, -0.15) is 0 Å². The highest BCUT2D eigenvalue weighted by Gasteiger charge is 2.34. The average Bonchev–Trinajstić information content (AvgIpc) is 2.71. The maximum Gasteiger partial charge on any atom is 0.107 e. The molecule has 0 aliphatic carbocycles. The summed E-state index contributed by atoms with van der Waals surface area (Å²) in [5.74, 6) is 0. The minimum atomic E-state index is -0.550. The van der Waals surface area contributed by atoms with Gasteiger partial charge >= 0.3 is 0 Å². The summed E-state index contributed by atoms with van der Waals surface area (Å²) in [6.45, 7) is -0.121. The molecule has 1 saturated heterocycles. The van der Waals surface area contributed by atoms with Crippen molar-refractivity contribution in [3.05, 3.63) is 20.8 Å². The van der Waals surface area contributed by atoms with Crippen LogP contribution in [0.2, 0.25) is 0 Å². The number of halogens is 1. The summed E-state index contributed by atoms with van der Waals surface area (Å²) in [4.78, 5) is 1.09. The van der Waals surface area contributed by atoms with E-state index in [-0.39, 0.29) is 12.7 Å². The average molecular weight is 279 g/mol. The molecule has 1 aliphatic rings. The molecule has 2 heterocycles. The fraction of sp³-hybridized carbons (Fsp3) is 0.556. The Hall–Kier alpha value is 0.0600. The van der Waals surface area contributed by atoms with Crippen molar-refractivity contribution in [2.75, 3.05) is 6.61 Å². The summed E-state index contributed by atoms with van der Waals surface area (Å²) in [5, 5.41) is 18.5. The van der Waals surface area contributed by atoms with Crippen LogP contribution in [-0.2, 0) is 4.74 Å². The molecule has 14 heavy (non-hydrogen) atoms. The van der Waals surface area contributed by atoms with Crippen LogP contribution in [0.5, 0.6) is 0 Å². The lowest BCUT2D eigenvalue weighted by Gasteiger charge is -2.10. The summed E-state index contributed by atoms with van der Waals surface area (Å²) in [6.07, 6.45) is -0.483. The fourth-order valence-electron chi connectivity index (χ4n) is 1.58. The zero-order chi connectivity index (χ0) is 10.1. The lowest BCUT2D eigenvalue weighted by molar-refractivity contribution is -0.0216. The Balaban J connectivity index is 2.08. The molecule has 1 aromatic rings. The number of aliphatic hydroxyl groups excluding tert-OH is 2. The molecule has 5 heteroatoms. The second-order valence-electron chi connectivity index (χ2n) is 3.29. The number of hydrogen-bond donors (Lipinski definition) is 2. The van der Waals surface area contributed by atoms with Crippen LogP contribution < -0.4 is 0 Å². The van der Waals surface area contributed by atoms with Gasteiger partial charge < -0.3 is 14.9 Å². The fourth-order valence-corrected chi connectivity index (χ4v) is 3.05. The Kier molecular flexibility index (Phi) is 3.23. The van der Waals surface area contributed by atoms with E-state index in [0.717, 1.165) is 8.66 Å². The highest BCUT2D eigenvalue weighted by atomic mass is 79.9. The van der Waals surface area contributed by atoms with Gasteiger partial charge in [-0.25, -0.2) is 0 Å². The quantitative estimate of drug-likeness (QED) is 0.866. The first-order valence-corrected chi connectivity index (χ1v) is 6.01. The first kappa shape index (κ1) is 10.6. The molecular formula is C9H11BrO3S. The number of rotatable bonds is 2. The zero-order valence-electron chi connectivity index (χ0n) is 7.39. The van der Waals surface area contributed by atoms with Crippen LogP contribution >= 0.6 is 27.3 Å². The van der Waals surface area contributed by atoms with E-state index in [9.17, 15) is 5.11 Å². The van der Waals surface area contributed by atoms with Crippen LogP contribution in [0.15, 0.2) is 15.9 Å².